The highest BCUT2D eigenvalue weighted by Gasteiger charge is 2.31. The number of nitrogens with zero attached hydrogens (tertiary/aromatic N) is 1. The fraction of sp³-hybridized carbons (Fsp3) is 0.600. The van der Waals surface area contributed by atoms with Crippen molar-refractivity contribution >= 4 is 10.8 Å². The fourth-order valence-electron chi connectivity index (χ4n) is 2.64. The van der Waals surface area contributed by atoms with Gasteiger partial charge in [-0.2, -0.15) is 0 Å². The molecule has 1 heterocycles. The number of benzene rings is 1. The van der Waals surface area contributed by atoms with Crippen molar-refractivity contribution in [1.82, 2.24) is 10.2 Å². The highest BCUT2D eigenvalue weighted by atomic mass is 32.2. The van der Waals surface area contributed by atoms with Gasteiger partial charge < -0.3 is 5.32 Å². The Morgan fingerprint density at radius 1 is 1.37 bits per heavy atom. The number of hydrogen-bond donors (Lipinski definition) is 1. The summed E-state index contributed by atoms with van der Waals surface area (Å²) in [4.78, 5) is 2.43. The van der Waals surface area contributed by atoms with Crippen molar-refractivity contribution in [3.05, 3.63) is 35.9 Å². The molecule has 19 heavy (non-hydrogen) atoms. The van der Waals surface area contributed by atoms with Crippen LogP contribution in [-0.4, -0.2) is 46.8 Å². The van der Waals surface area contributed by atoms with Crippen molar-refractivity contribution in [1.29, 1.82) is 0 Å². The topological polar surface area (TPSA) is 32.3 Å². The Labute approximate surface area is 118 Å². The summed E-state index contributed by atoms with van der Waals surface area (Å²) in [6, 6.07) is 10.6. The number of hydrogen-bond acceptors (Lipinski definition) is 3. The van der Waals surface area contributed by atoms with E-state index in [1.54, 1.807) is 0 Å². The van der Waals surface area contributed by atoms with Gasteiger partial charge in [-0.15, -0.1) is 0 Å². The van der Waals surface area contributed by atoms with Gasteiger partial charge in [0.2, 0.25) is 0 Å². The SMILES string of the molecule is CCS(=O)CCN1CCNC(C)(c2ccccc2)C1. The number of rotatable bonds is 5. The maximum absolute atomic E-state index is 11.6. The van der Waals surface area contributed by atoms with Crippen LogP contribution in [0.15, 0.2) is 30.3 Å². The molecule has 1 saturated heterocycles. The molecule has 0 radical (unpaired) electrons. The lowest BCUT2D eigenvalue weighted by Crippen LogP contribution is -2.57. The molecule has 0 amide bonds. The molecule has 2 rings (SSSR count). The fourth-order valence-corrected chi connectivity index (χ4v) is 3.39. The molecule has 4 heteroatoms. The monoisotopic (exact) mass is 280 g/mol. The lowest BCUT2D eigenvalue weighted by atomic mass is 9.90. The zero-order valence-corrected chi connectivity index (χ0v) is 12.7. The van der Waals surface area contributed by atoms with Gasteiger partial charge in [0, 0.05) is 48.5 Å². The first-order chi connectivity index (χ1) is 9.14. The predicted molar refractivity (Wildman–Crippen MR) is 81.8 cm³/mol. The van der Waals surface area contributed by atoms with Crippen molar-refractivity contribution in [2.24, 2.45) is 0 Å². The van der Waals surface area contributed by atoms with Crippen molar-refractivity contribution in [2.45, 2.75) is 19.4 Å². The quantitative estimate of drug-likeness (QED) is 0.889. The van der Waals surface area contributed by atoms with E-state index < -0.39 is 10.8 Å². The molecule has 1 aromatic rings. The molecule has 1 aromatic carbocycles. The molecule has 3 nitrogen and oxygen atoms in total. The highest BCUT2D eigenvalue weighted by molar-refractivity contribution is 7.84. The minimum absolute atomic E-state index is 0.00716. The van der Waals surface area contributed by atoms with Gasteiger partial charge in [0.1, 0.15) is 0 Å². The van der Waals surface area contributed by atoms with Crippen LogP contribution in [0.4, 0.5) is 0 Å². The molecule has 1 aliphatic rings. The molecule has 2 atom stereocenters. The van der Waals surface area contributed by atoms with Crippen LogP contribution in [0.25, 0.3) is 0 Å². The van der Waals surface area contributed by atoms with Gasteiger partial charge in [-0.3, -0.25) is 9.11 Å². The highest BCUT2D eigenvalue weighted by Crippen LogP contribution is 2.24. The van der Waals surface area contributed by atoms with E-state index in [0.717, 1.165) is 37.7 Å². The van der Waals surface area contributed by atoms with Crippen LogP contribution in [0.5, 0.6) is 0 Å². The van der Waals surface area contributed by atoms with Crippen LogP contribution in [0.3, 0.4) is 0 Å². The van der Waals surface area contributed by atoms with Gasteiger partial charge in [0.05, 0.1) is 5.54 Å². The summed E-state index contributed by atoms with van der Waals surface area (Å²) in [6.45, 7) is 8.20. The van der Waals surface area contributed by atoms with Crippen LogP contribution in [0, 0.1) is 0 Å². The molecule has 0 aliphatic carbocycles. The summed E-state index contributed by atoms with van der Waals surface area (Å²) in [6.07, 6.45) is 0. The Bertz CT molecular complexity index is 423. The minimum Gasteiger partial charge on any atom is -0.305 e. The van der Waals surface area contributed by atoms with Crippen LogP contribution in [0.2, 0.25) is 0 Å². The number of piperazine rings is 1. The second-order valence-corrected chi connectivity index (χ2v) is 7.20. The van der Waals surface area contributed by atoms with Gasteiger partial charge in [0.15, 0.2) is 0 Å². The smallest absolute Gasteiger partial charge is 0.0535 e. The first kappa shape index (κ1) is 14.7. The Morgan fingerprint density at radius 3 is 2.79 bits per heavy atom. The first-order valence-corrected chi connectivity index (χ1v) is 8.51. The maximum Gasteiger partial charge on any atom is 0.0535 e. The van der Waals surface area contributed by atoms with Crippen molar-refractivity contribution in [2.75, 3.05) is 37.7 Å². The van der Waals surface area contributed by atoms with Crippen LogP contribution < -0.4 is 5.32 Å². The van der Waals surface area contributed by atoms with E-state index in [1.165, 1.54) is 5.56 Å². The lowest BCUT2D eigenvalue weighted by molar-refractivity contribution is 0.150. The summed E-state index contributed by atoms with van der Waals surface area (Å²) in [5.74, 6) is 1.56. The van der Waals surface area contributed by atoms with Gasteiger partial charge >= 0.3 is 0 Å². The molecule has 106 valence electrons. The Kier molecular flexibility index (Phi) is 5.13. The molecule has 0 aromatic heterocycles. The van der Waals surface area contributed by atoms with E-state index in [-0.39, 0.29) is 5.54 Å². The van der Waals surface area contributed by atoms with Crippen molar-refractivity contribution in [3.63, 3.8) is 0 Å². The summed E-state index contributed by atoms with van der Waals surface area (Å²) >= 11 is 0. The van der Waals surface area contributed by atoms with E-state index in [2.05, 4.69) is 47.5 Å². The molecule has 1 aliphatic heterocycles. The molecule has 0 saturated carbocycles. The molecule has 0 spiro atoms. The van der Waals surface area contributed by atoms with E-state index in [4.69, 9.17) is 0 Å². The molecule has 2 unspecified atom stereocenters. The molecular weight excluding hydrogens is 256 g/mol. The second kappa shape index (κ2) is 6.64. The number of nitrogens with one attached hydrogen (secondary N) is 1. The van der Waals surface area contributed by atoms with Crippen molar-refractivity contribution in [3.8, 4) is 0 Å². The third-order valence-corrected chi connectivity index (χ3v) is 5.13. The Balaban J connectivity index is 1.98. The van der Waals surface area contributed by atoms with Crippen LogP contribution >= 0.6 is 0 Å². The van der Waals surface area contributed by atoms with Gasteiger partial charge in [0.25, 0.3) is 0 Å². The maximum atomic E-state index is 11.6. The second-order valence-electron chi connectivity index (χ2n) is 5.33. The van der Waals surface area contributed by atoms with E-state index >= 15 is 0 Å². The Morgan fingerprint density at radius 2 is 2.11 bits per heavy atom. The average Bonchev–Trinajstić information content (AvgIpc) is 2.46. The normalized spacial score (nSPS) is 26.2. The van der Waals surface area contributed by atoms with E-state index in [9.17, 15) is 4.21 Å². The largest absolute Gasteiger partial charge is 0.305 e. The summed E-state index contributed by atoms with van der Waals surface area (Å²) in [5.41, 5.74) is 1.34. The van der Waals surface area contributed by atoms with Crippen LogP contribution in [0.1, 0.15) is 19.4 Å². The summed E-state index contributed by atoms with van der Waals surface area (Å²) in [7, 11) is -0.660. The Hall–Kier alpha value is -0.710. The first-order valence-electron chi connectivity index (χ1n) is 7.02. The van der Waals surface area contributed by atoms with Crippen molar-refractivity contribution < 1.29 is 4.21 Å². The van der Waals surface area contributed by atoms with E-state index in [1.807, 2.05) is 6.92 Å². The van der Waals surface area contributed by atoms with E-state index in [0.29, 0.717) is 0 Å². The molecule has 0 bridgehead atoms. The average molecular weight is 280 g/mol. The van der Waals surface area contributed by atoms with Gasteiger partial charge in [-0.25, -0.2) is 0 Å². The van der Waals surface area contributed by atoms with Gasteiger partial charge in [-0.05, 0) is 12.5 Å². The van der Waals surface area contributed by atoms with Crippen LogP contribution in [-0.2, 0) is 16.3 Å². The summed E-state index contributed by atoms with van der Waals surface area (Å²) in [5, 5.41) is 3.63. The standard InChI is InChI=1S/C15H24N2OS/c1-3-19(18)12-11-17-10-9-16-15(2,13-17)14-7-5-4-6-8-14/h4-8,16H,3,9-13H2,1-2H3. The third-order valence-electron chi connectivity index (χ3n) is 3.85. The third kappa shape index (κ3) is 3.88. The molecule has 1 N–H and O–H groups in total. The zero-order valence-electron chi connectivity index (χ0n) is 11.9. The molecular formula is C15H24N2OS. The summed E-state index contributed by atoms with van der Waals surface area (Å²) < 4.78 is 11.6. The molecule has 1 fully saturated rings. The lowest BCUT2D eigenvalue weighted by Gasteiger charge is -2.42. The van der Waals surface area contributed by atoms with Gasteiger partial charge in [-0.1, -0.05) is 37.3 Å². The minimum atomic E-state index is -0.660. The zero-order chi connectivity index (χ0) is 13.7. The predicted octanol–water partition coefficient (Wildman–Crippen LogP) is 1.58.